The van der Waals surface area contributed by atoms with Gasteiger partial charge in [-0.2, -0.15) is 0 Å². The van der Waals surface area contributed by atoms with Gasteiger partial charge in [0.2, 0.25) is 10.0 Å². The summed E-state index contributed by atoms with van der Waals surface area (Å²) >= 11 is 0. The van der Waals surface area contributed by atoms with Gasteiger partial charge in [0.25, 0.3) is 0 Å². The first-order chi connectivity index (χ1) is 9.03. The molecule has 0 unspecified atom stereocenters. The summed E-state index contributed by atoms with van der Waals surface area (Å²) in [5.74, 6) is -0.00709. The molecule has 0 bridgehead atoms. The summed E-state index contributed by atoms with van der Waals surface area (Å²) in [5.41, 5.74) is 6.48. The van der Waals surface area contributed by atoms with E-state index in [1.54, 1.807) is 0 Å². The zero-order chi connectivity index (χ0) is 14.1. The van der Waals surface area contributed by atoms with Gasteiger partial charge in [-0.3, -0.25) is 0 Å². The first kappa shape index (κ1) is 16.1. The van der Waals surface area contributed by atoms with Crippen molar-refractivity contribution >= 4 is 10.0 Å². The molecule has 5 nitrogen and oxygen atoms in total. The minimum atomic E-state index is -3.18. The second kappa shape index (κ2) is 8.27. The van der Waals surface area contributed by atoms with E-state index >= 15 is 0 Å². The van der Waals surface area contributed by atoms with Crippen molar-refractivity contribution in [2.75, 3.05) is 32.4 Å². The van der Waals surface area contributed by atoms with E-state index < -0.39 is 10.0 Å². The SMILES string of the molecule is CN(CCCNS(=O)(=O)CCN)Cc1ccccc1. The van der Waals surface area contributed by atoms with Crippen molar-refractivity contribution in [3.63, 3.8) is 0 Å². The van der Waals surface area contributed by atoms with Gasteiger partial charge in [0, 0.05) is 19.6 Å². The van der Waals surface area contributed by atoms with Gasteiger partial charge >= 0.3 is 0 Å². The van der Waals surface area contributed by atoms with E-state index in [1.165, 1.54) is 5.56 Å². The number of benzene rings is 1. The number of nitrogens with two attached hydrogens (primary N) is 1. The van der Waals surface area contributed by atoms with Crippen LogP contribution in [0.25, 0.3) is 0 Å². The molecule has 0 atom stereocenters. The van der Waals surface area contributed by atoms with Gasteiger partial charge in [-0.15, -0.1) is 0 Å². The van der Waals surface area contributed by atoms with E-state index in [4.69, 9.17) is 5.73 Å². The molecule has 0 saturated heterocycles. The van der Waals surface area contributed by atoms with Gasteiger partial charge in [-0.1, -0.05) is 30.3 Å². The van der Waals surface area contributed by atoms with Crippen LogP contribution in [0.15, 0.2) is 30.3 Å². The lowest BCUT2D eigenvalue weighted by molar-refractivity contribution is 0.322. The molecule has 108 valence electrons. The molecule has 1 aromatic carbocycles. The minimum absolute atomic E-state index is 0.00709. The molecule has 0 aliphatic carbocycles. The molecule has 0 spiro atoms. The Kier molecular flexibility index (Phi) is 7.01. The quantitative estimate of drug-likeness (QED) is 0.644. The van der Waals surface area contributed by atoms with E-state index in [-0.39, 0.29) is 12.3 Å². The van der Waals surface area contributed by atoms with Crippen LogP contribution in [0.2, 0.25) is 0 Å². The summed E-state index contributed by atoms with van der Waals surface area (Å²) in [6.45, 7) is 2.33. The van der Waals surface area contributed by atoms with E-state index in [0.29, 0.717) is 6.54 Å². The Bertz CT molecular complexity index is 448. The van der Waals surface area contributed by atoms with Crippen LogP contribution in [0.4, 0.5) is 0 Å². The van der Waals surface area contributed by atoms with Gasteiger partial charge in [-0.25, -0.2) is 13.1 Å². The topological polar surface area (TPSA) is 75.4 Å². The number of nitrogens with one attached hydrogen (secondary N) is 1. The Balaban J connectivity index is 2.19. The molecule has 0 heterocycles. The minimum Gasteiger partial charge on any atom is -0.329 e. The summed E-state index contributed by atoms with van der Waals surface area (Å²) in [5, 5.41) is 0. The third-order valence-electron chi connectivity index (χ3n) is 2.72. The lowest BCUT2D eigenvalue weighted by atomic mass is 10.2. The average molecular weight is 285 g/mol. The number of nitrogens with zero attached hydrogens (tertiary/aromatic N) is 1. The van der Waals surface area contributed by atoms with Crippen LogP contribution >= 0.6 is 0 Å². The lowest BCUT2D eigenvalue weighted by Gasteiger charge is -2.16. The predicted molar refractivity (Wildman–Crippen MR) is 78.2 cm³/mol. The van der Waals surface area contributed by atoms with Crippen LogP contribution in [-0.4, -0.2) is 45.8 Å². The highest BCUT2D eigenvalue weighted by Crippen LogP contribution is 2.02. The molecule has 0 amide bonds. The maximum atomic E-state index is 11.4. The summed E-state index contributed by atoms with van der Waals surface area (Å²) < 4.78 is 25.3. The van der Waals surface area contributed by atoms with Crippen LogP contribution in [0.3, 0.4) is 0 Å². The van der Waals surface area contributed by atoms with E-state index in [0.717, 1.165) is 19.5 Å². The molecule has 6 heteroatoms. The highest BCUT2D eigenvalue weighted by molar-refractivity contribution is 7.89. The Morgan fingerprint density at radius 1 is 1.26 bits per heavy atom. The maximum Gasteiger partial charge on any atom is 0.212 e. The normalized spacial score (nSPS) is 11.9. The molecule has 0 aliphatic rings. The van der Waals surface area contributed by atoms with Crippen molar-refractivity contribution < 1.29 is 8.42 Å². The largest absolute Gasteiger partial charge is 0.329 e. The third-order valence-corrected chi connectivity index (χ3v) is 4.14. The Hall–Kier alpha value is -0.950. The Labute approximate surface area is 115 Å². The van der Waals surface area contributed by atoms with E-state index in [1.807, 2.05) is 25.2 Å². The highest BCUT2D eigenvalue weighted by atomic mass is 32.2. The van der Waals surface area contributed by atoms with Crippen molar-refractivity contribution in [1.29, 1.82) is 0 Å². The van der Waals surface area contributed by atoms with Crippen LogP contribution in [0.5, 0.6) is 0 Å². The zero-order valence-electron chi connectivity index (χ0n) is 11.4. The molecule has 0 radical (unpaired) electrons. The monoisotopic (exact) mass is 285 g/mol. The maximum absolute atomic E-state index is 11.4. The first-order valence-corrected chi connectivity index (χ1v) is 8.08. The fraction of sp³-hybridized carbons (Fsp3) is 0.538. The molecule has 1 rings (SSSR count). The number of hydrogen-bond acceptors (Lipinski definition) is 4. The van der Waals surface area contributed by atoms with Crippen molar-refractivity contribution in [2.24, 2.45) is 5.73 Å². The highest BCUT2D eigenvalue weighted by Gasteiger charge is 2.07. The molecular weight excluding hydrogens is 262 g/mol. The zero-order valence-corrected chi connectivity index (χ0v) is 12.2. The molecule has 0 aromatic heterocycles. The van der Waals surface area contributed by atoms with Crippen molar-refractivity contribution in [3.05, 3.63) is 35.9 Å². The first-order valence-electron chi connectivity index (χ1n) is 6.43. The van der Waals surface area contributed by atoms with Crippen LogP contribution in [0.1, 0.15) is 12.0 Å². The molecule has 0 fully saturated rings. The summed E-state index contributed by atoms with van der Waals surface area (Å²) in [6, 6.07) is 10.2. The van der Waals surface area contributed by atoms with Crippen LogP contribution in [0, 0.1) is 0 Å². The smallest absolute Gasteiger partial charge is 0.212 e. The molecule has 3 N–H and O–H groups in total. The Morgan fingerprint density at radius 2 is 1.95 bits per heavy atom. The van der Waals surface area contributed by atoms with Gasteiger partial charge < -0.3 is 10.6 Å². The summed E-state index contributed by atoms with van der Waals surface area (Å²) in [4.78, 5) is 2.17. The summed E-state index contributed by atoms with van der Waals surface area (Å²) in [6.07, 6.45) is 0.785. The number of hydrogen-bond donors (Lipinski definition) is 2. The van der Waals surface area contributed by atoms with Crippen LogP contribution < -0.4 is 10.5 Å². The second-order valence-electron chi connectivity index (χ2n) is 4.58. The standard InChI is InChI=1S/C13H23N3O2S/c1-16(12-13-6-3-2-4-7-13)10-5-9-15-19(17,18)11-8-14/h2-4,6-7,15H,5,8-12,14H2,1H3. The van der Waals surface area contributed by atoms with Crippen LogP contribution in [-0.2, 0) is 16.6 Å². The van der Waals surface area contributed by atoms with E-state index in [9.17, 15) is 8.42 Å². The van der Waals surface area contributed by atoms with Gasteiger partial charge in [0.15, 0.2) is 0 Å². The fourth-order valence-electron chi connectivity index (χ4n) is 1.78. The van der Waals surface area contributed by atoms with Gasteiger partial charge in [0.05, 0.1) is 5.75 Å². The van der Waals surface area contributed by atoms with Crippen molar-refractivity contribution in [1.82, 2.24) is 9.62 Å². The molecule has 1 aromatic rings. The lowest BCUT2D eigenvalue weighted by Crippen LogP contribution is -2.32. The van der Waals surface area contributed by atoms with Gasteiger partial charge in [0.1, 0.15) is 0 Å². The average Bonchev–Trinajstić information content (AvgIpc) is 2.36. The fourth-order valence-corrected chi connectivity index (χ4v) is 2.69. The number of rotatable bonds is 9. The van der Waals surface area contributed by atoms with Gasteiger partial charge in [-0.05, 0) is 25.6 Å². The predicted octanol–water partition coefficient (Wildman–Crippen LogP) is 0.387. The molecular formula is C13H23N3O2S. The molecule has 0 aliphatic heterocycles. The summed E-state index contributed by atoms with van der Waals surface area (Å²) in [7, 11) is -1.15. The number of sulfonamides is 1. The molecule has 19 heavy (non-hydrogen) atoms. The van der Waals surface area contributed by atoms with Crippen molar-refractivity contribution in [2.45, 2.75) is 13.0 Å². The third kappa shape index (κ3) is 7.27. The second-order valence-corrected chi connectivity index (χ2v) is 6.51. The van der Waals surface area contributed by atoms with Crippen molar-refractivity contribution in [3.8, 4) is 0 Å². The van der Waals surface area contributed by atoms with E-state index in [2.05, 4.69) is 21.8 Å². The molecule has 0 saturated carbocycles. The Morgan fingerprint density at radius 3 is 2.58 bits per heavy atom.